The number of methoxy groups -OCH3 is 1. The van der Waals surface area contributed by atoms with Crippen LogP contribution < -0.4 is 4.74 Å². The first-order valence-corrected chi connectivity index (χ1v) is 6.60. The summed E-state index contributed by atoms with van der Waals surface area (Å²) in [5, 5.41) is 18.2. The third kappa shape index (κ3) is 3.41. The minimum atomic E-state index is -1.00. The van der Waals surface area contributed by atoms with Gasteiger partial charge in [0.2, 0.25) is 0 Å². The molecule has 0 heterocycles. The molecule has 0 saturated carbocycles. The topological polar surface area (TPSA) is 70.3 Å². The molecule has 112 valence electrons. The standard InChI is InChI=1S/C17H14FNO3/c1-22-16-7-6-14(18)9-15(16)13(10-19)8-11-2-4-12(5-3-11)17(20)21/h2-7,9,13H,8H2,1H3,(H,20,21). The third-order valence-electron chi connectivity index (χ3n) is 3.36. The smallest absolute Gasteiger partial charge is 0.335 e. The summed E-state index contributed by atoms with van der Waals surface area (Å²) < 4.78 is 18.6. The Labute approximate surface area is 127 Å². The van der Waals surface area contributed by atoms with Crippen molar-refractivity contribution in [3.63, 3.8) is 0 Å². The first-order chi connectivity index (χ1) is 10.5. The number of carbonyl (C=O) groups is 1. The Morgan fingerprint density at radius 2 is 2.00 bits per heavy atom. The summed E-state index contributed by atoms with van der Waals surface area (Å²) >= 11 is 0. The molecule has 0 amide bonds. The van der Waals surface area contributed by atoms with Gasteiger partial charge in [-0.15, -0.1) is 0 Å². The SMILES string of the molecule is COc1ccc(F)cc1C(C#N)Cc1ccc(C(=O)O)cc1. The molecule has 5 heteroatoms. The highest BCUT2D eigenvalue weighted by Crippen LogP contribution is 2.29. The van der Waals surface area contributed by atoms with E-state index >= 15 is 0 Å². The van der Waals surface area contributed by atoms with Gasteiger partial charge in [-0.3, -0.25) is 0 Å². The molecule has 1 atom stereocenters. The van der Waals surface area contributed by atoms with Crippen molar-refractivity contribution in [1.29, 1.82) is 5.26 Å². The molecular formula is C17H14FNO3. The van der Waals surface area contributed by atoms with E-state index < -0.39 is 17.7 Å². The fraction of sp³-hybridized carbons (Fsp3) is 0.176. The number of nitriles is 1. The maximum Gasteiger partial charge on any atom is 0.335 e. The summed E-state index contributed by atoms with van der Waals surface area (Å²) in [7, 11) is 1.47. The fourth-order valence-electron chi connectivity index (χ4n) is 2.22. The van der Waals surface area contributed by atoms with Gasteiger partial charge in [0, 0.05) is 5.56 Å². The normalized spacial score (nSPS) is 11.5. The highest BCUT2D eigenvalue weighted by molar-refractivity contribution is 5.87. The lowest BCUT2D eigenvalue weighted by Gasteiger charge is -2.14. The monoisotopic (exact) mass is 299 g/mol. The highest BCUT2D eigenvalue weighted by Gasteiger charge is 2.17. The number of carboxylic acids is 1. The van der Waals surface area contributed by atoms with Crippen LogP contribution in [0.4, 0.5) is 4.39 Å². The lowest BCUT2D eigenvalue weighted by molar-refractivity contribution is 0.0697. The largest absolute Gasteiger partial charge is 0.496 e. The summed E-state index contributed by atoms with van der Waals surface area (Å²) in [4.78, 5) is 10.8. The van der Waals surface area contributed by atoms with Gasteiger partial charge < -0.3 is 9.84 Å². The Morgan fingerprint density at radius 3 is 2.55 bits per heavy atom. The summed E-state index contributed by atoms with van der Waals surface area (Å²) in [5.41, 5.74) is 1.45. The van der Waals surface area contributed by atoms with Crippen molar-refractivity contribution >= 4 is 5.97 Å². The van der Waals surface area contributed by atoms with Crippen LogP contribution in [0.3, 0.4) is 0 Å². The highest BCUT2D eigenvalue weighted by atomic mass is 19.1. The van der Waals surface area contributed by atoms with Crippen LogP contribution in [0.2, 0.25) is 0 Å². The second-order valence-corrected chi connectivity index (χ2v) is 4.77. The van der Waals surface area contributed by atoms with Gasteiger partial charge >= 0.3 is 5.97 Å². The van der Waals surface area contributed by atoms with Crippen molar-refractivity contribution in [2.24, 2.45) is 0 Å². The Bertz CT molecular complexity index is 720. The predicted molar refractivity (Wildman–Crippen MR) is 78.4 cm³/mol. The van der Waals surface area contributed by atoms with Crippen LogP contribution in [0.25, 0.3) is 0 Å². The van der Waals surface area contributed by atoms with Gasteiger partial charge in [-0.05, 0) is 42.3 Å². The molecule has 2 aromatic rings. The number of ether oxygens (including phenoxy) is 1. The maximum atomic E-state index is 13.4. The van der Waals surface area contributed by atoms with E-state index in [1.807, 2.05) is 0 Å². The number of halogens is 1. The average Bonchev–Trinajstić information content (AvgIpc) is 2.53. The van der Waals surface area contributed by atoms with Crippen LogP contribution in [0.1, 0.15) is 27.4 Å². The molecule has 1 unspecified atom stereocenters. The maximum absolute atomic E-state index is 13.4. The molecule has 0 bridgehead atoms. The van der Waals surface area contributed by atoms with Crippen molar-refractivity contribution in [2.45, 2.75) is 12.3 Å². The zero-order chi connectivity index (χ0) is 16.1. The molecule has 0 aliphatic rings. The van der Waals surface area contributed by atoms with Crippen molar-refractivity contribution in [2.75, 3.05) is 7.11 Å². The van der Waals surface area contributed by atoms with Crippen LogP contribution in [-0.4, -0.2) is 18.2 Å². The van der Waals surface area contributed by atoms with Gasteiger partial charge in [0.05, 0.1) is 24.7 Å². The van der Waals surface area contributed by atoms with Gasteiger partial charge in [-0.2, -0.15) is 5.26 Å². The second-order valence-electron chi connectivity index (χ2n) is 4.77. The summed E-state index contributed by atoms with van der Waals surface area (Å²) in [5.74, 6) is -1.57. The Kier molecular flexibility index (Phi) is 4.74. The number of aromatic carboxylic acids is 1. The Balaban J connectivity index is 2.28. The molecule has 0 saturated heterocycles. The number of carboxylic acid groups (broad SMARTS) is 1. The van der Waals surface area contributed by atoms with E-state index in [1.165, 1.54) is 37.4 Å². The molecule has 0 aliphatic heterocycles. The van der Waals surface area contributed by atoms with Crippen LogP contribution >= 0.6 is 0 Å². The number of hydrogen-bond donors (Lipinski definition) is 1. The number of nitrogens with zero attached hydrogens (tertiary/aromatic N) is 1. The Morgan fingerprint density at radius 1 is 1.32 bits per heavy atom. The minimum absolute atomic E-state index is 0.181. The van der Waals surface area contributed by atoms with Crippen LogP contribution in [0.15, 0.2) is 42.5 Å². The van der Waals surface area contributed by atoms with E-state index in [2.05, 4.69) is 6.07 Å². The lowest BCUT2D eigenvalue weighted by Crippen LogP contribution is -2.04. The van der Waals surface area contributed by atoms with Gasteiger partial charge in [0.15, 0.2) is 0 Å². The van der Waals surface area contributed by atoms with Crippen LogP contribution in [-0.2, 0) is 6.42 Å². The van der Waals surface area contributed by atoms with E-state index in [9.17, 15) is 14.4 Å². The molecule has 0 aliphatic carbocycles. The van der Waals surface area contributed by atoms with Crippen molar-refractivity contribution in [3.8, 4) is 11.8 Å². The number of benzene rings is 2. The zero-order valence-electron chi connectivity index (χ0n) is 11.9. The second kappa shape index (κ2) is 6.72. The lowest BCUT2D eigenvalue weighted by atomic mass is 9.92. The van der Waals surface area contributed by atoms with E-state index in [4.69, 9.17) is 9.84 Å². The number of hydrogen-bond acceptors (Lipinski definition) is 3. The molecule has 0 spiro atoms. The first-order valence-electron chi connectivity index (χ1n) is 6.60. The Hall–Kier alpha value is -2.87. The molecule has 0 aromatic heterocycles. The molecule has 4 nitrogen and oxygen atoms in total. The van der Waals surface area contributed by atoms with Crippen LogP contribution in [0.5, 0.6) is 5.75 Å². The van der Waals surface area contributed by atoms with Gasteiger partial charge in [-0.1, -0.05) is 12.1 Å². The average molecular weight is 299 g/mol. The molecule has 2 aromatic carbocycles. The molecule has 0 radical (unpaired) electrons. The molecular weight excluding hydrogens is 285 g/mol. The van der Waals surface area contributed by atoms with Crippen LogP contribution in [0, 0.1) is 17.1 Å². The molecule has 22 heavy (non-hydrogen) atoms. The van der Waals surface area contributed by atoms with Gasteiger partial charge in [0.1, 0.15) is 11.6 Å². The van der Waals surface area contributed by atoms with Gasteiger partial charge in [-0.25, -0.2) is 9.18 Å². The molecule has 0 fully saturated rings. The van der Waals surface area contributed by atoms with Crippen molar-refractivity contribution in [3.05, 3.63) is 65.0 Å². The number of rotatable bonds is 5. The third-order valence-corrected chi connectivity index (χ3v) is 3.36. The summed E-state index contributed by atoms with van der Waals surface area (Å²) in [6, 6.07) is 12.5. The van der Waals surface area contributed by atoms with Crippen molar-refractivity contribution < 1.29 is 19.0 Å². The summed E-state index contributed by atoms with van der Waals surface area (Å²) in [6.45, 7) is 0. The predicted octanol–water partition coefficient (Wildman–Crippen LogP) is 3.38. The fourth-order valence-corrected chi connectivity index (χ4v) is 2.22. The van der Waals surface area contributed by atoms with E-state index in [1.54, 1.807) is 12.1 Å². The van der Waals surface area contributed by atoms with E-state index in [-0.39, 0.29) is 5.56 Å². The first kappa shape index (κ1) is 15.5. The zero-order valence-corrected chi connectivity index (χ0v) is 11.9. The molecule has 2 rings (SSSR count). The quantitative estimate of drug-likeness (QED) is 0.918. The van der Waals surface area contributed by atoms with E-state index in [0.717, 1.165) is 5.56 Å². The van der Waals surface area contributed by atoms with Crippen molar-refractivity contribution in [1.82, 2.24) is 0 Å². The van der Waals surface area contributed by atoms with Gasteiger partial charge in [0.25, 0.3) is 0 Å². The van der Waals surface area contributed by atoms with E-state index in [0.29, 0.717) is 17.7 Å². The minimum Gasteiger partial charge on any atom is -0.496 e. The summed E-state index contributed by atoms with van der Waals surface area (Å²) in [6.07, 6.45) is 0.343. The molecule has 1 N–H and O–H groups in total.